The topological polar surface area (TPSA) is 24.9 Å². The minimum atomic E-state index is 0.230. The van der Waals surface area contributed by atoms with Gasteiger partial charge in [-0.3, -0.25) is 4.98 Å². The molecule has 2 heteroatoms. The monoisotopic (exact) mass is 226 g/mol. The number of pyridine rings is 1. The van der Waals surface area contributed by atoms with Crippen LogP contribution in [0.2, 0.25) is 0 Å². The van der Waals surface area contributed by atoms with Crippen LogP contribution in [-0.2, 0) is 0 Å². The molecule has 1 heterocycles. The first-order valence-corrected chi connectivity index (χ1v) is 6.01. The number of benzene rings is 1. The van der Waals surface area contributed by atoms with Crippen LogP contribution in [0.3, 0.4) is 0 Å². The zero-order chi connectivity index (χ0) is 12.1. The summed E-state index contributed by atoms with van der Waals surface area (Å²) < 4.78 is 0. The molecule has 1 atom stereocenters. The summed E-state index contributed by atoms with van der Waals surface area (Å²) in [5, 5.41) is 3.50. The molecular weight excluding hydrogens is 208 g/mol. The van der Waals surface area contributed by atoms with Gasteiger partial charge in [-0.1, -0.05) is 43.3 Å². The molecule has 1 aromatic heterocycles. The van der Waals surface area contributed by atoms with Crippen LogP contribution in [0.15, 0.2) is 48.8 Å². The second-order valence-corrected chi connectivity index (χ2v) is 4.20. The molecule has 0 aliphatic heterocycles. The number of aromatic nitrogens is 1. The van der Waals surface area contributed by atoms with E-state index in [4.69, 9.17) is 0 Å². The third-order valence-corrected chi connectivity index (χ3v) is 2.77. The van der Waals surface area contributed by atoms with E-state index in [1.165, 1.54) is 16.7 Å². The summed E-state index contributed by atoms with van der Waals surface area (Å²) >= 11 is 0. The lowest BCUT2D eigenvalue weighted by Gasteiger charge is -2.18. The van der Waals surface area contributed by atoms with Gasteiger partial charge in [0.15, 0.2) is 0 Å². The Morgan fingerprint density at radius 3 is 2.53 bits per heavy atom. The number of nitrogens with zero attached hydrogens (tertiary/aromatic N) is 1. The minimum absolute atomic E-state index is 0.230. The van der Waals surface area contributed by atoms with Crippen LogP contribution in [0.5, 0.6) is 0 Å². The van der Waals surface area contributed by atoms with Crippen molar-refractivity contribution in [2.45, 2.75) is 19.9 Å². The Morgan fingerprint density at radius 2 is 1.88 bits per heavy atom. The van der Waals surface area contributed by atoms with Gasteiger partial charge in [-0.2, -0.15) is 0 Å². The molecule has 2 nitrogen and oxygen atoms in total. The molecular formula is C15H18N2. The second-order valence-electron chi connectivity index (χ2n) is 4.20. The van der Waals surface area contributed by atoms with Gasteiger partial charge in [0.05, 0.1) is 6.04 Å². The van der Waals surface area contributed by atoms with Crippen LogP contribution >= 0.6 is 0 Å². The quantitative estimate of drug-likeness (QED) is 0.866. The fourth-order valence-electron chi connectivity index (χ4n) is 2.01. The summed E-state index contributed by atoms with van der Waals surface area (Å²) in [7, 11) is 0. The molecule has 17 heavy (non-hydrogen) atoms. The van der Waals surface area contributed by atoms with Gasteiger partial charge in [-0.05, 0) is 30.2 Å². The van der Waals surface area contributed by atoms with Crippen molar-refractivity contribution in [1.29, 1.82) is 0 Å². The van der Waals surface area contributed by atoms with E-state index in [1.54, 1.807) is 0 Å². The Bertz CT molecular complexity index is 465. The van der Waals surface area contributed by atoms with Crippen molar-refractivity contribution in [3.63, 3.8) is 0 Å². The number of hydrogen-bond acceptors (Lipinski definition) is 2. The summed E-state index contributed by atoms with van der Waals surface area (Å²) in [5.74, 6) is 0. The lowest BCUT2D eigenvalue weighted by Crippen LogP contribution is -2.22. The SMILES string of the molecule is CCNC(c1ccccc1)c1cncc(C)c1. The summed E-state index contributed by atoms with van der Waals surface area (Å²) in [6.07, 6.45) is 3.82. The van der Waals surface area contributed by atoms with Gasteiger partial charge >= 0.3 is 0 Å². The van der Waals surface area contributed by atoms with Crippen molar-refractivity contribution >= 4 is 0 Å². The lowest BCUT2D eigenvalue weighted by molar-refractivity contribution is 0.628. The Labute approximate surface area is 103 Å². The summed E-state index contributed by atoms with van der Waals surface area (Å²) in [4.78, 5) is 4.27. The van der Waals surface area contributed by atoms with Crippen molar-refractivity contribution in [3.05, 3.63) is 65.5 Å². The zero-order valence-corrected chi connectivity index (χ0v) is 10.4. The van der Waals surface area contributed by atoms with Gasteiger partial charge in [0.25, 0.3) is 0 Å². The van der Waals surface area contributed by atoms with E-state index in [0.717, 1.165) is 6.54 Å². The molecule has 0 fully saturated rings. The second kappa shape index (κ2) is 5.60. The molecule has 1 aromatic carbocycles. The third kappa shape index (κ3) is 2.92. The van der Waals surface area contributed by atoms with Crippen molar-refractivity contribution in [2.75, 3.05) is 6.54 Å². The zero-order valence-electron chi connectivity index (χ0n) is 10.4. The Balaban J connectivity index is 2.35. The molecule has 0 aliphatic rings. The maximum Gasteiger partial charge on any atom is 0.0591 e. The normalized spacial score (nSPS) is 12.4. The summed E-state index contributed by atoms with van der Waals surface area (Å²) in [5.41, 5.74) is 3.70. The molecule has 0 saturated carbocycles. The van der Waals surface area contributed by atoms with Crippen LogP contribution in [0.25, 0.3) is 0 Å². The predicted octanol–water partition coefficient (Wildman–Crippen LogP) is 3.09. The number of aryl methyl sites for hydroxylation is 1. The number of hydrogen-bond donors (Lipinski definition) is 1. The average molecular weight is 226 g/mol. The molecule has 0 radical (unpaired) electrons. The molecule has 88 valence electrons. The van der Waals surface area contributed by atoms with Crippen molar-refractivity contribution in [1.82, 2.24) is 10.3 Å². The van der Waals surface area contributed by atoms with Gasteiger partial charge in [-0.15, -0.1) is 0 Å². The first kappa shape index (κ1) is 11.8. The van der Waals surface area contributed by atoms with E-state index in [9.17, 15) is 0 Å². The lowest BCUT2D eigenvalue weighted by atomic mass is 9.99. The van der Waals surface area contributed by atoms with Gasteiger partial charge in [0, 0.05) is 12.4 Å². The van der Waals surface area contributed by atoms with Gasteiger partial charge in [0.2, 0.25) is 0 Å². The van der Waals surface area contributed by atoms with Crippen LogP contribution < -0.4 is 5.32 Å². The van der Waals surface area contributed by atoms with Crippen LogP contribution in [0, 0.1) is 6.92 Å². The van der Waals surface area contributed by atoms with E-state index in [-0.39, 0.29) is 6.04 Å². The van der Waals surface area contributed by atoms with E-state index >= 15 is 0 Å². The first-order valence-electron chi connectivity index (χ1n) is 6.01. The highest BCUT2D eigenvalue weighted by atomic mass is 14.9. The molecule has 1 unspecified atom stereocenters. The molecule has 0 saturated heterocycles. The molecule has 0 aliphatic carbocycles. The Kier molecular flexibility index (Phi) is 3.89. The fraction of sp³-hybridized carbons (Fsp3) is 0.267. The van der Waals surface area contributed by atoms with Crippen molar-refractivity contribution in [2.24, 2.45) is 0 Å². The van der Waals surface area contributed by atoms with E-state index in [0.29, 0.717) is 0 Å². The molecule has 0 bridgehead atoms. The largest absolute Gasteiger partial charge is 0.306 e. The number of rotatable bonds is 4. The van der Waals surface area contributed by atoms with Crippen molar-refractivity contribution < 1.29 is 0 Å². The highest BCUT2D eigenvalue weighted by Crippen LogP contribution is 2.21. The maximum absolute atomic E-state index is 4.27. The molecule has 2 aromatic rings. The highest BCUT2D eigenvalue weighted by Gasteiger charge is 2.12. The Hall–Kier alpha value is -1.67. The van der Waals surface area contributed by atoms with Gasteiger partial charge < -0.3 is 5.32 Å². The van der Waals surface area contributed by atoms with Crippen LogP contribution in [0.1, 0.15) is 29.7 Å². The Morgan fingerprint density at radius 1 is 1.12 bits per heavy atom. The maximum atomic E-state index is 4.27. The van der Waals surface area contributed by atoms with Gasteiger partial charge in [-0.25, -0.2) is 0 Å². The van der Waals surface area contributed by atoms with Gasteiger partial charge in [0.1, 0.15) is 0 Å². The molecule has 2 rings (SSSR count). The minimum Gasteiger partial charge on any atom is -0.306 e. The summed E-state index contributed by atoms with van der Waals surface area (Å²) in [6.45, 7) is 5.14. The van der Waals surface area contributed by atoms with E-state index < -0.39 is 0 Å². The standard InChI is InChI=1S/C15H18N2/c1-3-17-15(13-7-5-4-6-8-13)14-9-12(2)10-16-11-14/h4-11,15,17H,3H2,1-2H3. The third-order valence-electron chi connectivity index (χ3n) is 2.77. The van der Waals surface area contributed by atoms with Crippen LogP contribution in [0.4, 0.5) is 0 Å². The smallest absolute Gasteiger partial charge is 0.0591 e. The number of nitrogens with one attached hydrogen (secondary N) is 1. The predicted molar refractivity (Wildman–Crippen MR) is 70.9 cm³/mol. The molecule has 0 amide bonds. The van der Waals surface area contributed by atoms with E-state index in [1.807, 2.05) is 18.5 Å². The van der Waals surface area contributed by atoms with Crippen LogP contribution in [-0.4, -0.2) is 11.5 Å². The molecule has 1 N–H and O–H groups in total. The summed E-state index contributed by atoms with van der Waals surface area (Å²) in [6, 6.07) is 12.9. The average Bonchev–Trinajstić information content (AvgIpc) is 2.37. The first-order chi connectivity index (χ1) is 8.31. The fourth-order valence-corrected chi connectivity index (χ4v) is 2.01. The van der Waals surface area contributed by atoms with Crippen molar-refractivity contribution in [3.8, 4) is 0 Å². The highest BCUT2D eigenvalue weighted by molar-refractivity contribution is 5.31. The van der Waals surface area contributed by atoms with E-state index in [2.05, 4.69) is 54.5 Å². The molecule has 0 spiro atoms.